The Morgan fingerprint density at radius 2 is 2.35 bits per heavy atom. The lowest BCUT2D eigenvalue weighted by Crippen LogP contribution is -2.44. The van der Waals surface area contributed by atoms with Gasteiger partial charge in [0.2, 0.25) is 5.91 Å². The van der Waals surface area contributed by atoms with E-state index in [0.29, 0.717) is 16.8 Å². The van der Waals surface area contributed by atoms with E-state index in [1.165, 1.54) is 0 Å². The lowest BCUT2D eigenvalue weighted by molar-refractivity contribution is -0.119. The number of halogens is 1. The second kappa shape index (κ2) is 5.76. The average molecular weight is 271 g/mol. The molecule has 1 amide bonds. The number of nitrogens with two attached hydrogens (primary N) is 1. The highest BCUT2D eigenvalue weighted by molar-refractivity contribution is 7.99. The minimum absolute atomic E-state index is 0.258. The van der Waals surface area contributed by atoms with Gasteiger partial charge in [0.1, 0.15) is 0 Å². The number of rotatable bonds is 6. The molecular formula is C12H15ClN2OS. The molecule has 0 saturated heterocycles. The van der Waals surface area contributed by atoms with E-state index < -0.39 is 0 Å². The Hall–Kier alpha value is -0.710. The van der Waals surface area contributed by atoms with Crippen molar-refractivity contribution < 1.29 is 4.79 Å². The SMILES string of the molecule is NC(=O)C(CSc1cccc(Cl)c1)NC1CC1. The van der Waals surface area contributed by atoms with Crippen molar-refractivity contribution in [3.05, 3.63) is 29.3 Å². The Morgan fingerprint density at radius 3 is 2.94 bits per heavy atom. The predicted octanol–water partition coefficient (Wildman–Crippen LogP) is 2.04. The number of amides is 1. The summed E-state index contributed by atoms with van der Waals surface area (Å²) in [7, 11) is 0. The van der Waals surface area contributed by atoms with Crippen LogP contribution in [0.1, 0.15) is 12.8 Å². The molecule has 0 radical (unpaired) electrons. The highest BCUT2D eigenvalue weighted by Gasteiger charge is 2.27. The monoisotopic (exact) mass is 270 g/mol. The third-order valence-electron chi connectivity index (χ3n) is 2.57. The fourth-order valence-corrected chi connectivity index (χ4v) is 2.74. The summed E-state index contributed by atoms with van der Waals surface area (Å²) in [4.78, 5) is 12.3. The van der Waals surface area contributed by atoms with E-state index in [9.17, 15) is 4.79 Å². The van der Waals surface area contributed by atoms with Gasteiger partial charge >= 0.3 is 0 Å². The number of benzene rings is 1. The van der Waals surface area contributed by atoms with Gasteiger partial charge < -0.3 is 11.1 Å². The summed E-state index contributed by atoms with van der Waals surface area (Å²) in [6.07, 6.45) is 2.29. The van der Waals surface area contributed by atoms with Crippen LogP contribution in [0.4, 0.5) is 0 Å². The molecule has 1 aromatic carbocycles. The number of carbonyl (C=O) groups is 1. The van der Waals surface area contributed by atoms with Gasteiger partial charge in [0.15, 0.2) is 0 Å². The molecule has 0 spiro atoms. The summed E-state index contributed by atoms with van der Waals surface area (Å²) >= 11 is 7.49. The Kier molecular flexibility index (Phi) is 4.31. The van der Waals surface area contributed by atoms with Gasteiger partial charge in [-0.1, -0.05) is 17.7 Å². The summed E-state index contributed by atoms with van der Waals surface area (Å²) in [5, 5.41) is 3.96. The third kappa shape index (κ3) is 4.22. The summed E-state index contributed by atoms with van der Waals surface area (Å²) in [6.45, 7) is 0. The third-order valence-corrected chi connectivity index (χ3v) is 3.89. The summed E-state index contributed by atoms with van der Waals surface area (Å²) in [5.41, 5.74) is 5.37. The molecule has 17 heavy (non-hydrogen) atoms. The second-order valence-corrected chi connectivity index (χ2v) is 5.69. The molecule has 1 aliphatic carbocycles. The smallest absolute Gasteiger partial charge is 0.235 e. The van der Waals surface area contributed by atoms with Gasteiger partial charge in [-0.3, -0.25) is 4.79 Å². The summed E-state index contributed by atoms with van der Waals surface area (Å²) in [6, 6.07) is 7.82. The van der Waals surface area contributed by atoms with E-state index in [-0.39, 0.29) is 11.9 Å². The zero-order valence-electron chi connectivity index (χ0n) is 9.36. The van der Waals surface area contributed by atoms with Gasteiger partial charge in [0.25, 0.3) is 0 Å². The van der Waals surface area contributed by atoms with Crippen molar-refractivity contribution in [2.45, 2.75) is 29.8 Å². The van der Waals surface area contributed by atoms with Crippen LogP contribution in [0.15, 0.2) is 29.2 Å². The minimum Gasteiger partial charge on any atom is -0.368 e. The molecule has 0 heterocycles. The Labute approximate surface area is 110 Å². The van der Waals surface area contributed by atoms with Crippen LogP contribution >= 0.6 is 23.4 Å². The topological polar surface area (TPSA) is 55.1 Å². The Balaban J connectivity index is 1.87. The molecule has 0 aliphatic heterocycles. The van der Waals surface area contributed by atoms with E-state index in [2.05, 4.69) is 5.32 Å². The number of hydrogen-bond donors (Lipinski definition) is 2. The number of nitrogens with one attached hydrogen (secondary N) is 1. The van der Waals surface area contributed by atoms with Crippen LogP contribution in [0.5, 0.6) is 0 Å². The molecule has 1 fully saturated rings. The van der Waals surface area contributed by atoms with Gasteiger partial charge in [0.05, 0.1) is 6.04 Å². The quantitative estimate of drug-likeness (QED) is 0.778. The van der Waals surface area contributed by atoms with E-state index in [1.807, 2.05) is 24.3 Å². The summed E-state index contributed by atoms with van der Waals surface area (Å²) < 4.78 is 0. The van der Waals surface area contributed by atoms with Gasteiger partial charge in [-0.25, -0.2) is 0 Å². The Bertz CT molecular complexity index is 409. The first-order chi connectivity index (χ1) is 8.15. The molecule has 3 N–H and O–H groups in total. The largest absolute Gasteiger partial charge is 0.368 e. The number of primary amides is 1. The Morgan fingerprint density at radius 1 is 1.59 bits per heavy atom. The maximum Gasteiger partial charge on any atom is 0.235 e. The molecule has 1 unspecified atom stereocenters. The molecule has 1 saturated carbocycles. The van der Waals surface area contributed by atoms with E-state index >= 15 is 0 Å². The molecule has 1 atom stereocenters. The van der Waals surface area contributed by atoms with Crippen molar-refractivity contribution in [3.63, 3.8) is 0 Å². The molecule has 0 aromatic heterocycles. The highest BCUT2D eigenvalue weighted by atomic mass is 35.5. The molecule has 2 rings (SSSR count). The van der Waals surface area contributed by atoms with Crippen LogP contribution in [0.25, 0.3) is 0 Å². The van der Waals surface area contributed by atoms with E-state index in [1.54, 1.807) is 11.8 Å². The maximum absolute atomic E-state index is 11.3. The van der Waals surface area contributed by atoms with Crippen molar-refractivity contribution in [2.24, 2.45) is 5.73 Å². The number of thioether (sulfide) groups is 1. The van der Waals surface area contributed by atoms with Gasteiger partial charge in [0, 0.05) is 21.7 Å². The molecule has 5 heteroatoms. The van der Waals surface area contributed by atoms with Crippen molar-refractivity contribution in [1.29, 1.82) is 0 Å². The first kappa shape index (κ1) is 12.7. The molecule has 3 nitrogen and oxygen atoms in total. The highest BCUT2D eigenvalue weighted by Crippen LogP contribution is 2.24. The predicted molar refractivity (Wildman–Crippen MR) is 71.3 cm³/mol. The second-order valence-electron chi connectivity index (χ2n) is 4.16. The van der Waals surface area contributed by atoms with Crippen molar-refractivity contribution in [2.75, 3.05) is 5.75 Å². The van der Waals surface area contributed by atoms with Gasteiger partial charge in [-0.2, -0.15) is 0 Å². The zero-order valence-corrected chi connectivity index (χ0v) is 10.9. The van der Waals surface area contributed by atoms with Crippen molar-refractivity contribution >= 4 is 29.3 Å². The molecule has 92 valence electrons. The molecule has 0 bridgehead atoms. The van der Waals surface area contributed by atoms with Crippen LogP contribution in [-0.2, 0) is 4.79 Å². The van der Waals surface area contributed by atoms with Crippen LogP contribution < -0.4 is 11.1 Å². The molecular weight excluding hydrogens is 256 g/mol. The van der Waals surface area contributed by atoms with Crippen molar-refractivity contribution in [3.8, 4) is 0 Å². The van der Waals surface area contributed by atoms with E-state index in [4.69, 9.17) is 17.3 Å². The number of hydrogen-bond acceptors (Lipinski definition) is 3. The molecule has 1 aliphatic rings. The normalized spacial score (nSPS) is 16.8. The van der Waals surface area contributed by atoms with Crippen LogP contribution in [0.3, 0.4) is 0 Å². The number of carbonyl (C=O) groups excluding carboxylic acids is 1. The fourth-order valence-electron chi connectivity index (χ4n) is 1.48. The first-order valence-electron chi connectivity index (χ1n) is 5.59. The lowest BCUT2D eigenvalue weighted by Gasteiger charge is -2.14. The van der Waals surface area contributed by atoms with Gasteiger partial charge in [-0.15, -0.1) is 11.8 Å². The van der Waals surface area contributed by atoms with E-state index in [0.717, 1.165) is 17.7 Å². The van der Waals surface area contributed by atoms with Crippen LogP contribution in [0, 0.1) is 0 Å². The minimum atomic E-state index is -0.286. The van der Waals surface area contributed by atoms with Crippen LogP contribution in [-0.4, -0.2) is 23.7 Å². The summed E-state index contributed by atoms with van der Waals surface area (Å²) in [5.74, 6) is 0.359. The van der Waals surface area contributed by atoms with Crippen LogP contribution in [0.2, 0.25) is 5.02 Å². The van der Waals surface area contributed by atoms with Gasteiger partial charge in [-0.05, 0) is 31.0 Å². The maximum atomic E-state index is 11.3. The standard InChI is InChI=1S/C12H15ClN2OS/c13-8-2-1-3-10(6-8)17-7-11(12(14)16)15-9-4-5-9/h1-3,6,9,11,15H,4-5,7H2,(H2,14,16). The average Bonchev–Trinajstić information content (AvgIpc) is 3.07. The van der Waals surface area contributed by atoms with Crippen molar-refractivity contribution in [1.82, 2.24) is 5.32 Å². The zero-order chi connectivity index (χ0) is 12.3. The first-order valence-corrected chi connectivity index (χ1v) is 6.95. The molecule has 1 aromatic rings. The fraction of sp³-hybridized carbons (Fsp3) is 0.417. The lowest BCUT2D eigenvalue weighted by atomic mass is 10.3.